The van der Waals surface area contributed by atoms with Crippen molar-refractivity contribution in [2.45, 2.75) is 33.1 Å². The molecule has 0 saturated heterocycles. The highest BCUT2D eigenvalue weighted by molar-refractivity contribution is 5.59. The molecular weight excluding hydrogens is 348 g/mol. The van der Waals surface area contributed by atoms with Crippen LogP contribution < -0.4 is 0 Å². The summed E-state index contributed by atoms with van der Waals surface area (Å²) in [5, 5.41) is 0. The van der Waals surface area contributed by atoms with Crippen LogP contribution in [0.1, 0.15) is 49.9 Å². The molecule has 0 N–H and O–H groups in total. The van der Waals surface area contributed by atoms with Crippen LogP contribution in [0.2, 0.25) is 0 Å². The quantitative estimate of drug-likeness (QED) is 0.314. The van der Waals surface area contributed by atoms with Crippen molar-refractivity contribution in [1.29, 1.82) is 0 Å². The molecule has 0 heterocycles. The SMILES string of the molecule is CC.CC.c1ccc(C(c2ccccc2)(c2ccccc2)c2ccccc2)cc1. The lowest BCUT2D eigenvalue weighted by molar-refractivity contribution is 0.745. The molecule has 148 valence electrons. The number of benzene rings is 4. The van der Waals surface area contributed by atoms with Crippen molar-refractivity contribution in [3.05, 3.63) is 144 Å². The van der Waals surface area contributed by atoms with E-state index in [4.69, 9.17) is 0 Å². The van der Waals surface area contributed by atoms with E-state index < -0.39 is 0 Å². The van der Waals surface area contributed by atoms with E-state index in [0.717, 1.165) is 0 Å². The van der Waals surface area contributed by atoms with Gasteiger partial charge in [0.2, 0.25) is 0 Å². The van der Waals surface area contributed by atoms with Gasteiger partial charge in [-0.05, 0) is 22.3 Å². The van der Waals surface area contributed by atoms with Gasteiger partial charge in [0.05, 0.1) is 5.41 Å². The van der Waals surface area contributed by atoms with Crippen LogP contribution >= 0.6 is 0 Å². The maximum atomic E-state index is 2.23. The Bertz CT molecular complexity index is 747. The molecule has 4 aromatic rings. The minimum Gasteiger partial charge on any atom is -0.0683 e. The van der Waals surface area contributed by atoms with Crippen molar-refractivity contribution >= 4 is 0 Å². The van der Waals surface area contributed by atoms with E-state index in [-0.39, 0.29) is 5.41 Å². The molecule has 0 amide bonds. The average molecular weight is 381 g/mol. The molecule has 0 aliphatic carbocycles. The molecule has 29 heavy (non-hydrogen) atoms. The number of hydrogen-bond acceptors (Lipinski definition) is 0. The van der Waals surface area contributed by atoms with Crippen LogP contribution in [0.15, 0.2) is 121 Å². The van der Waals surface area contributed by atoms with Gasteiger partial charge in [0.25, 0.3) is 0 Å². The summed E-state index contributed by atoms with van der Waals surface area (Å²) in [4.78, 5) is 0. The van der Waals surface area contributed by atoms with Gasteiger partial charge in [0.1, 0.15) is 0 Å². The van der Waals surface area contributed by atoms with E-state index in [0.29, 0.717) is 0 Å². The lowest BCUT2D eigenvalue weighted by atomic mass is 9.65. The summed E-state index contributed by atoms with van der Waals surface area (Å²) in [5.41, 5.74) is 4.78. The smallest absolute Gasteiger partial charge is 0.0683 e. The molecule has 0 saturated carbocycles. The first kappa shape index (κ1) is 22.2. The molecule has 4 rings (SSSR count). The van der Waals surface area contributed by atoms with Crippen molar-refractivity contribution in [3.8, 4) is 0 Å². The third kappa shape index (κ3) is 4.66. The van der Waals surface area contributed by atoms with E-state index in [2.05, 4.69) is 121 Å². The zero-order valence-corrected chi connectivity index (χ0v) is 18.0. The second-order valence-corrected chi connectivity index (χ2v) is 6.21. The van der Waals surface area contributed by atoms with Crippen LogP contribution in [0.4, 0.5) is 0 Å². The third-order valence-electron chi connectivity index (χ3n) is 4.83. The average Bonchev–Trinajstić information content (AvgIpc) is 2.85. The Hall–Kier alpha value is -3.12. The van der Waals surface area contributed by atoms with E-state index in [9.17, 15) is 0 Å². The van der Waals surface area contributed by atoms with Crippen molar-refractivity contribution in [3.63, 3.8) is 0 Å². The topological polar surface area (TPSA) is 0 Å². The van der Waals surface area contributed by atoms with Crippen molar-refractivity contribution in [2.75, 3.05) is 0 Å². The minimum atomic E-state index is -0.328. The molecule has 0 aromatic heterocycles. The molecule has 0 spiro atoms. The second kappa shape index (κ2) is 11.7. The molecule has 0 aliphatic rings. The summed E-state index contributed by atoms with van der Waals surface area (Å²) in [6, 6.07) is 43.1. The molecule has 4 aromatic carbocycles. The molecule has 0 bridgehead atoms. The predicted octanol–water partition coefficient (Wildman–Crippen LogP) is 8.12. The van der Waals surface area contributed by atoms with E-state index in [1.54, 1.807) is 0 Å². The largest absolute Gasteiger partial charge is 0.0701 e. The normalized spacial score (nSPS) is 10.1. The summed E-state index contributed by atoms with van der Waals surface area (Å²) >= 11 is 0. The van der Waals surface area contributed by atoms with Crippen LogP contribution in [-0.2, 0) is 5.41 Å². The maximum absolute atomic E-state index is 2.23. The van der Waals surface area contributed by atoms with Crippen molar-refractivity contribution < 1.29 is 0 Å². The first-order valence-corrected chi connectivity index (χ1v) is 10.6. The van der Waals surface area contributed by atoms with E-state index in [1.807, 2.05) is 27.7 Å². The highest BCUT2D eigenvalue weighted by atomic mass is 14.4. The van der Waals surface area contributed by atoms with Gasteiger partial charge < -0.3 is 0 Å². The molecule has 0 atom stereocenters. The standard InChI is InChI=1S/C25H20.2C2H6/c1-5-13-21(14-6-1)25(22-15-7-2-8-16-22,23-17-9-3-10-18-23)24-19-11-4-12-20-24;2*1-2/h1-20H;2*1-2H3. The fourth-order valence-electron chi connectivity index (χ4n) is 3.75. The molecule has 0 heteroatoms. The van der Waals surface area contributed by atoms with Gasteiger partial charge in [-0.25, -0.2) is 0 Å². The molecule has 0 nitrogen and oxygen atoms in total. The Labute approximate surface area is 176 Å². The zero-order chi connectivity index (χ0) is 21.0. The van der Waals surface area contributed by atoms with Gasteiger partial charge in [-0.15, -0.1) is 0 Å². The summed E-state index contributed by atoms with van der Waals surface area (Å²) < 4.78 is 0. The first-order chi connectivity index (χ1) is 14.4. The van der Waals surface area contributed by atoms with Gasteiger partial charge in [-0.1, -0.05) is 149 Å². The molecule has 0 radical (unpaired) electrons. The zero-order valence-electron chi connectivity index (χ0n) is 18.0. The van der Waals surface area contributed by atoms with Crippen molar-refractivity contribution in [2.24, 2.45) is 0 Å². The van der Waals surface area contributed by atoms with Gasteiger partial charge in [0, 0.05) is 0 Å². The Kier molecular flexibility index (Phi) is 8.92. The minimum absolute atomic E-state index is 0.328. The van der Waals surface area contributed by atoms with Crippen LogP contribution in [-0.4, -0.2) is 0 Å². The monoisotopic (exact) mass is 380 g/mol. The van der Waals surface area contributed by atoms with Crippen LogP contribution in [0.3, 0.4) is 0 Å². The third-order valence-corrected chi connectivity index (χ3v) is 4.83. The predicted molar refractivity (Wildman–Crippen MR) is 127 cm³/mol. The maximum Gasteiger partial charge on any atom is 0.0701 e. The Morgan fingerprint density at radius 1 is 0.310 bits per heavy atom. The fourth-order valence-corrected chi connectivity index (χ4v) is 3.75. The van der Waals surface area contributed by atoms with E-state index in [1.165, 1.54) is 22.3 Å². The van der Waals surface area contributed by atoms with Crippen LogP contribution in [0.5, 0.6) is 0 Å². The molecule has 0 unspecified atom stereocenters. The highest BCUT2D eigenvalue weighted by Crippen LogP contribution is 2.44. The van der Waals surface area contributed by atoms with Gasteiger partial charge in [-0.3, -0.25) is 0 Å². The Balaban J connectivity index is 0.000000707. The molecule has 0 fully saturated rings. The number of hydrogen-bond donors (Lipinski definition) is 0. The Morgan fingerprint density at radius 2 is 0.483 bits per heavy atom. The lowest BCUT2D eigenvalue weighted by Crippen LogP contribution is -2.30. The number of rotatable bonds is 4. The summed E-state index contributed by atoms with van der Waals surface area (Å²) in [7, 11) is 0. The van der Waals surface area contributed by atoms with Crippen LogP contribution in [0.25, 0.3) is 0 Å². The first-order valence-electron chi connectivity index (χ1n) is 10.6. The van der Waals surface area contributed by atoms with Gasteiger partial charge >= 0.3 is 0 Å². The second-order valence-electron chi connectivity index (χ2n) is 6.21. The highest BCUT2D eigenvalue weighted by Gasteiger charge is 2.37. The Morgan fingerprint density at radius 3 is 0.655 bits per heavy atom. The van der Waals surface area contributed by atoms with Crippen molar-refractivity contribution in [1.82, 2.24) is 0 Å². The van der Waals surface area contributed by atoms with Crippen LogP contribution in [0, 0.1) is 0 Å². The molecular formula is C29H32. The summed E-state index contributed by atoms with van der Waals surface area (Å²) in [5.74, 6) is 0. The van der Waals surface area contributed by atoms with Gasteiger partial charge in [0.15, 0.2) is 0 Å². The summed E-state index contributed by atoms with van der Waals surface area (Å²) in [6.07, 6.45) is 0. The fraction of sp³-hybridized carbons (Fsp3) is 0.172. The summed E-state index contributed by atoms with van der Waals surface area (Å²) in [6.45, 7) is 8.00. The van der Waals surface area contributed by atoms with Gasteiger partial charge in [-0.2, -0.15) is 0 Å². The molecule has 0 aliphatic heterocycles. The van der Waals surface area contributed by atoms with E-state index >= 15 is 0 Å². The lowest BCUT2D eigenvalue weighted by Gasteiger charge is -2.36.